The number of carbonyl (C=O) groups is 2. The van der Waals surface area contributed by atoms with Gasteiger partial charge in [-0.15, -0.1) is 11.3 Å². The molecule has 0 radical (unpaired) electrons. The molecule has 1 saturated heterocycles. The first-order valence-electron chi connectivity index (χ1n) is 7.12. The van der Waals surface area contributed by atoms with Crippen molar-refractivity contribution in [3.8, 4) is 0 Å². The van der Waals surface area contributed by atoms with E-state index in [0.717, 1.165) is 11.4 Å². The number of hydrogen-bond donors (Lipinski definition) is 1. The molecule has 1 fully saturated rings. The first kappa shape index (κ1) is 15.9. The quantitative estimate of drug-likeness (QED) is 0.901. The molecule has 1 aliphatic heterocycles. The van der Waals surface area contributed by atoms with Gasteiger partial charge in [-0.3, -0.25) is 9.59 Å². The van der Waals surface area contributed by atoms with E-state index in [-0.39, 0.29) is 18.6 Å². The van der Waals surface area contributed by atoms with Crippen molar-refractivity contribution in [1.82, 2.24) is 9.88 Å². The minimum absolute atomic E-state index is 0.130. The molecule has 1 aromatic rings. The van der Waals surface area contributed by atoms with Gasteiger partial charge < -0.3 is 14.7 Å². The van der Waals surface area contributed by atoms with Gasteiger partial charge in [-0.25, -0.2) is 4.98 Å². The Hall–Kier alpha value is -1.47. The molecule has 1 N–H and O–H groups in total. The van der Waals surface area contributed by atoms with Crippen LogP contribution in [0.3, 0.4) is 0 Å². The molecule has 1 aliphatic rings. The van der Waals surface area contributed by atoms with Gasteiger partial charge in [0, 0.05) is 19.7 Å². The van der Waals surface area contributed by atoms with Crippen molar-refractivity contribution >= 4 is 23.2 Å². The molecule has 0 aromatic carbocycles. The third kappa shape index (κ3) is 3.79. The molecule has 21 heavy (non-hydrogen) atoms. The summed E-state index contributed by atoms with van der Waals surface area (Å²) >= 11 is 1.32. The summed E-state index contributed by atoms with van der Waals surface area (Å²) in [4.78, 5) is 29.9. The van der Waals surface area contributed by atoms with Crippen LogP contribution in [0.15, 0.2) is 6.20 Å². The molecule has 2 atom stereocenters. The van der Waals surface area contributed by atoms with Gasteiger partial charge in [0.05, 0.1) is 12.1 Å². The summed E-state index contributed by atoms with van der Waals surface area (Å²) in [6, 6.07) is 0. The van der Waals surface area contributed by atoms with Crippen LogP contribution in [0.25, 0.3) is 0 Å². The van der Waals surface area contributed by atoms with Crippen molar-refractivity contribution in [2.45, 2.75) is 32.8 Å². The zero-order valence-electron chi connectivity index (χ0n) is 12.2. The SMILES string of the molecule is CCOC(C)c1ncc(C(=O)N2CCCC(C(=O)O)C2)s1. The number of piperidine rings is 1. The summed E-state index contributed by atoms with van der Waals surface area (Å²) in [6.07, 6.45) is 2.79. The third-order valence-electron chi connectivity index (χ3n) is 3.56. The molecule has 0 spiro atoms. The van der Waals surface area contributed by atoms with Crippen LogP contribution in [0.1, 0.15) is 47.5 Å². The molecule has 116 valence electrons. The predicted molar refractivity (Wildman–Crippen MR) is 78.4 cm³/mol. The van der Waals surface area contributed by atoms with E-state index in [1.165, 1.54) is 11.3 Å². The molecule has 0 aliphatic carbocycles. The number of carboxylic acids is 1. The van der Waals surface area contributed by atoms with Crippen molar-refractivity contribution in [2.24, 2.45) is 5.92 Å². The van der Waals surface area contributed by atoms with E-state index in [4.69, 9.17) is 9.84 Å². The van der Waals surface area contributed by atoms with Gasteiger partial charge in [0.25, 0.3) is 5.91 Å². The molecule has 2 unspecified atom stereocenters. The molecule has 2 heterocycles. The number of hydrogen-bond acceptors (Lipinski definition) is 5. The van der Waals surface area contributed by atoms with Crippen molar-refractivity contribution in [2.75, 3.05) is 19.7 Å². The zero-order chi connectivity index (χ0) is 15.4. The van der Waals surface area contributed by atoms with Crippen LogP contribution >= 0.6 is 11.3 Å². The summed E-state index contributed by atoms with van der Waals surface area (Å²) in [5, 5.41) is 9.85. The number of amides is 1. The van der Waals surface area contributed by atoms with E-state index < -0.39 is 11.9 Å². The molecule has 2 rings (SSSR count). The Morgan fingerprint density at radius 2 is 2.38 bits per heavy atom. The number of carboxylic acid groups (broad SMARTS) is 1. The van der Waals surface area contributed by atoms with Gasteiger partial charge in [-0.05, 0) is 26.7 Å². The molecular weight excluding hydrogens is 292 g/mol. The number of aliphatic carboxylic acids is 1. The van der Waals surface area contributed by atoms with E-state index in [0.29, 0.717) is 24.4 Å². The fourth-order valence-corrected chi connectivity index (χ4v) is 3.30. The van der Waals surface area contributed by atoms with Crippen LogP contribution < -0.4 is 0 Å². The number of nitrogens with zero attached hydrogens (tertiary/aromatic N) is 2. The molecule has 0 bridgehead atoms. The maximum Gasteiger partial charge on any atom is 0.308 e. The van der Waals surface area contributed by atoms with Gasteiger partial charge >= 0.3 is 5.97 Å². The minimum atomic E-state index is -0.831. The van der Waals surface area contributed by atoms with E-state index in [2.05, 4.69) is 4.98 Å². The molecule has 1 aromatic heterocycles. The van der Waals surface area contributed by atoms with Crippen LogP contribution in [-0.2, 0) is 9.53 Å². The van der Waals surface area contributed by atoms with Gasteiger partial charge in [-0.2, -0.15) is 0 Å². The number of carbonyl (C=O) groups excluding carboxylic acids is 1. The standard InChI is InChI=1S/C14H20N2O4S/c1-3-20-9(2)12-15-7-11(21-12)13(17)16-6-4-5-10(8-16)14(18)19/h7,9-10H,3-6,8H2,1-2H3,(H,18,19). The van der Waals surface area contributed by atoms with E-state index >= 15 is 0 Å². The highest BCUT2D eigenvalue weighted by atomic mass is 32.1. The maximum absolute atomic E-state index is 12.4. The highest BCUT2D eigenvalue weighted by Crippen LogP contribution is 2.25. The highest BCUT2D eigenvalue weighted by Gasteiger charge is 2.29. The molecule has 1 amide bonds. The van der Waals surface area contributed by atoms with E-state index in [1.54, 1.807) is 11.1 Å². The second kappa shape index (κ2) is 7.00. The molecular formula is C14H20N2O4S. The number of aromatic nitrogens is 1. The normalized spacial score (nSPS) is 20.3. The number of likely N-dealkylation sites (tertiary alicyclic amines) is 1. The summed E-state index contributed by atoms with van der Waals surface area (Å²) in [5.74, 6) is -1.42. The Labute approximate surface area is 127 Å². The Morgan fingerprint density at radius 3 is 3.05 bits per heavy atom. The van der Waals surface area contributed by atoms with Crippen molar-refractivity contribution in [3.05, 3.63) is 16.1 Å². The van der Waals surface area contributed by atoms with E-state index in [1.807, 2.05) is 13.8 Å². The number of ether oxygens (including phenoxy) is 1. The lowest BCUT2D eigenvalue weighted by atomic mass is 9.98. The topological polar surface area (TPSA) is 79.7 Å². The first-order valence-corrected chi connectivity index (χ1v) is 7.94. The molecule has 7 heteroatoms. The van der Waals surface area contributed by atoms with Crippen LogP contribution in [0.5, 0.6) is 0 Å². The Bertz CT molecular complexity index is 517. The van der Waals surface area contributed by atoms with Gasteiger partial charge in [0.2, 0.25) is 0 Å². The lowest BCUT2D eigenvalue weighted by Gasteiger charge is -2.30. The Kier molecular flexibility index (Phi) is 5.30. The lowest BCUT2D eigenvalue weighted by molar-refractivity contribution is -0.143. The predicted octanol–water partition coefficient (Wildman–Crippen LogP) is 2.18. The first-order chi connectivity index (χ1) is 10.0. The van der Waals surface area contributed by atoms with Crippen LogP contribution in [0.4, 0.5) is 0 Å². The lowest BCUT2D eigenvalue weighted by Crippen LogP contribution is -2.42. The van der Waals surface area contributed by atoms with Crippen LogP contribution in [-0.4, -0.2) is 46.6 Å². The molecule has 0 saturated carbocycles. The fraction of sp³-hybridized carbons (Fsp3) is 0.643. The largest absolute Gasteiger partial charge is 0.481 e. The zero-order valence-corrected chi connectivity index (χ0v) is 13.1. The summed E-state index contributed by atoms with van der Waals surface area (Å²) in [7, 11) is 0. The van der Waals surface area contributed by atoms with Crippen molar-refractivity contribution in [3.63, 3.8) is 0 Å². The molecule has 6 nitrogen and oxygen atoms in total. The smallest absolute Gasteiger partial charge is 0.308 e. The van der Waals surface area contributed by atoms with Crippen LogP contribution in [0.2, 0.25) is 0 Å². The van der Waals surface area contributed by atoms with Gasteiger partial charge in [-0.1, -0.05) is 0 Å². The van der Waals surface area contributed by atoms with Gasteiger partial charge in [0.15, 0.2) is 0 Å². The third-order valence-corrected chi connectivity index (χ3v) is 4.70. The minimum Gasteiger partial charge on any atom is -0.481 e. The van der Waals surface area contributed by atoms with E-state index in [9.17, 15) is 9.59 Å². The van der Waals surface area contributed by atoms with Crippen LogP contribution in [0, 0.1) is 5.92 Å². The summed E-state index contributed by atoms with van der Waals surface area (Å²) < 4.78 is 5.46. The highest BCUT2D eigenvalue weighted by molar-refractivity contribution is 7.13. The summed E-state index contributed by atoms with van der Waals surface area (Å²) in [5.41, 5.74) is 0. The monoisotopic (exact) mass is 312 g/mol. The second-order valence-corrected chi connectivity index (χ2v) is 6.15. The Balaban J connectivity index is 2.04. The summed E-state index contributed by atoms with van der Waals surface area (Å²) in [6.45, 7) is 5.30. The fourth-order valence-electron chi connectivity index (χ4n) is 2.41. The number of thiazole rings is 1. The number of rotatable bonds is 5. The Morgan fingerprint density at radius 1 is 1.62 bits per heavy atom. The van der Waals surface area contributed by atoms with Gasteiger partial charge in [0.1, 0.15) is 16.0 Å². The maximum atomic E-state index is 12.4. The average Bonchev–Trinajstić information content (AvgIpc) is 2.96. The average molecular weight is 312 g/mol. The van der Waals surface area contributed by atoms with Crippen molar-refractivity contribution < 1.29 is 19.4 Å². The van der Waals surface area contributed by atoms with Crippen molar-refractivity contribution in [1.29, 1.82) is 0 Å². The second-order valence-electron chi connectivity index (χ2n) is 5.09.